The minimum atomic E-state index is 0.783. The molecule has 92 valence electrons. The molecule has 0 aliphatic heterocycles. The third kappa shape index (κ3) is 2.29. The van der Waals surface area contributed by atoms with E-state index in [1.54, 1.807) is 11.3 Å². The molecule has 2 heterocycles. The molecule has 0 atom stereocenters. The van der Waals surface area contributed by atoms with E-state index >= 15 is 0 Å². The summed E-state index contributed by atoms with van der Waals surface area (Å²) in [6.07, 6.45) is 0. The summed E-state index contributed by atoms with van der Waals surface area (Å²) >= 11 is 1.76. The Morgan fingerprint density at radius 1 is 1.53 bits per heavy atom. The Kier molecular flexibility index (Phi) is 3.38. The van der Waals surface area contributed by atoms with E-state index in [0.29, 0.717) is 0 Å². The molecular formula is C12H18N4S. The van der Waals surface area contributed by atoms with E-state index in [2.05, 4.69) is 41.5 Å². The average Bonchev–Trinajstić information content (AvgIpc) is 2.88. The van der Waals surface area contributed by atoms with E-state index in [4.69, 9.17) is 5.73 Å². The summed E-state index contributed by atoms with van der Waals surface area (Å²) in [4.78, 5) is 3.48. The van der Waals surface area contributed by atoms with E-state index < -0.39 is 0 Å². The van der Waals surface area contributed by atoms with Crippen molar-refractivity contribution in [3.8, 4) is 0 Å². The number of aromatic nitrogens is 2. The Morgan fingerprint density at radius 3 is 2.88 bits per heavy atom. The third-order valence-electron chi connectivity index (χ3n) is 2.78. The molecule has 0 aliphatic rings. The number of rotatable bonds is 4. The van der Waals surface area contributed by atoms with Crippen LogP contribution in [0.3, 0.4) is 0 Å². The maximum atomic E-state index is 6.09. The maximum absolute atomic E-state index is 6.09. The number of nitrogen functional groups attached to an aromatic ring is 1. The van der Waals surface area contributed by atoms with Crippen LogP contribution in [-0.4, -0.2) is 16.8 Å². The van der Waals surface area contributed by atoms with Gasteiger partial charge >= 0.3 is 0 Å². The SMILES string of the molecule is CCn1nc(C)c(N)c1N(C)Cc1cccs1. The number of thiophene rings is 1. The van der Waals surface area contributed by atoms with E-state index in [1.807, 2.05) is 11.6 Å². The Hall–Kier alpha value is -1.49. The molecule has 0 radical (unpaired) electrons. The lowest BCUT2D eigenvalue weighted by molar-refractivity contribution is 0.641. The van der Waals surface area contributed by atoms with Gasteiger partial charge in [-0.15, -0.1) is 11.3 Å². The molecule has 0 aromatic carbocycles. The highest BCUT2D eigenvalue weighted by Crippen LogP contribution is 2.27. The van der Waals surface area contributed by atoms with Gasteiger partial charge in [0, 0.05) is 18.5 Å². The minimum Gasteiger partial charge on any atom is -0.394 e. The smallest absolute Gasteiger partial charge is 0.150 e. The Balaban J connectivity index is 2.26. The van der Waals surface area contributed by atoms with Gasteiger partial charge in [0.05, 0.1) is 17.9 Å². The summed E-state index contributed by atoms with van der Waals surface area (Å²) in [5.74, 6) is 1.01. The lowest BCUT2D eigenvalue weighted by Gasteiger charge is -2.20. The van der Waals surface area contributed by atoms with Gasteiger partial charge in [-0.3, -0.25) is 0 Å². The Bertz CT molecular complexity index is 487. The second-order valence-electron chi connectivity index (χ2n) is 4.07. The van der Waals surface area contributed by atoms with Crippen LogP contribution in [0.25, 0.3) is 0 Å². The summed E-state index contributed by atoms with van der Waals surface area (Å²) in [5, 5.41) is 6.52. The molecule has 0 saturated carbocycles. The van der Waals surface area contributed by atoms with E-state index in [0.717, 1.165) is 30.3 Å². The number of nitrogens with two attached hydrogens (primary N) is 1. The van der Waals surface area contributed by atoms with Gasteiger partial charge in [0.2, 0.25) is 0 Å². The molecule has 2 N–H and O–H groups in total. The van der Waals surface area contributed by atoms with Gasteiger partial charge in [0.15, 0.2) is 5.82 Å². The zero-order valence-corrected chi connectivity index (χ0v) is 11.3. The van der Waals surface area contributed by atoms with E-state index in [1.165, 1.54) is 4.88 Å². The summed E-state index contributed by atoms with van der Waals surface area (Å²) in [6, 6.07) is 4.20. The topological polar surface area (TPSA) is 47.1 Å². The molecule has 0 aliphatic carbocycles. The van der Waals surface area contributed by atoms with Crippen LogP contribution in [0.15, 0.2) is 17.5 Å². The molecule has 0 bridgehead atoms. The summed E-state index contributed by atoms with van der Waals surface area (Å²) in [5.41, 5.74) is 7.77. The van der Waals surface area contributed by atoms with Gasteiger partial charge in [-0.25, -0.2) is 4.68 Å². The van der Waals surface area contributed by atoms with Crippen molar-refractivity contribution in [1.29, 1.82) is 0 Å². The molecule has 0 saturated heterocycles. The van der Waals surface area contributed by atoms with Crippen molar-refractivity contribution in [2.75, 3.05) is 17.7 Å². The van der Waals surface area contributed by atoms with Crippen LogP contribution in [0.2, 0.25) is 0 Å². The van der Waals surface area contributed by atoms with Gasteiger partial charge in [-0.1, -0.05) is 6.07 Å². The summed E-state index contributed by atoms with van der Waals surface area (Å²) in [7, 11) is 2.05. The quantitative estimate of drug-likeness (QED) is 0.907. The van der Waals surface area contributed by atoms with Crippen molar-refractivity contribution in [1.82, 2.24) is 9.78 Å². The van der Waals surface area contributed by atoms with E-state index in [-0.39, 0.29) is 0 Å². The minimum absolute atomic E-state index is 0.783. The monoisotopic (exact) mass is 250 g/mol. The van der Waals surface area contributed by atoms with Crippen molar-refractivity contribution in [2.45, 2.75) is 26.9 Å². The number of anilines is 2. The predicted octanol–water partition coefficient (Wildman–Crippen LogP) is 2.49. The van der Waals surface area contributed by atoms with Crippen molar-refractivity contribution in [3.05, 3.63) is 28.1 Å². The lowest BCUT2D eigenvalue weighted by atomic mass is 10.3. The Labute approximate surface area is 106 Å². The number of hydrogen-bond donors (Lipinski definition) is 1. The van der Waals surface area contributed by atoms with Gasteiger partial charge in [0.1, 0.15) is 0 Å². The third-order valence-corrected chi connectivity index (χ3v) is 3.64. The van der Waals surface area contributed by atoms with Crippen LogP contribution in [0.5, 0.6) is 0 Å². The molecule has 5 heteroatoms. The van der Waals surface area contributed by atoms with Crippen molar-refractivity contribution in [2.24, 2.45) is 0 Å². The van der Waals surface area contributed by atoms with E-state index in [9.17, 15) is 0 Å². The first-order valence-electron chi connectivity index (χ1n) is 5.69. The van der Waals surface area contributed by atoms with Crippen LogP contribution in [-0.2, 0) is 13.1 Å². The van der Waals surface area contributed by atoms with Crippen LogP contribution in [0.4, 0.5) is 11.5 Å². The molecular weight excluding hydrogens is 232 g/mol. The molecule has 17 heavy (non-hydrogen) atoms. The lowest BCUT2D eigenvalue weighted by Crippen LogP contribution is -2.20. The number of hydrogen-bond acceptors (Lipinski definition) is 4. The largest absolute Gasteiger partial charge is 0.394 e. The molecule has 2 rings (SSSR count). The highest BCUT2D eigenvalue weighted by molar-refractivity contribution is 7.09. The van der Waals surface area contributed by atoms with Crippen molar-refractivity contribution >= 4 is 22.8 Å². The zero-order valence-electron chi connectivity index (χ0n) is 10.5. The maximum Gasteiger partial charge on any atom is 0.150 e. The molecule has 0 amide bonds. The van der Waals surface area contributed by atoms with Crippen LogP contribution >= 0.6 is 11.3 Å². The molecule has 0 fully saturated rings. The van der Waals surface area contributed by atoms with Gasteiger partial charge in [-0.2, -0.15) is 5.10 Å². The normalized spacial score (nSPS) is 10.8. The first-order valence-corrected chi connectivity index (χ1v) is 6.57. The number of nitrogens with zero attached hydrogens (tertiary/aromatic N) is 3. The number of aryl methyl sites for hydroxylation is 2. The average molecular weight is 250 g/mol. The van der Waals surface area contributed by atoms with Gasteiger partial charge in [0.25, 0.3) is 0 Å². The summed E-state index contributed by atoms with van der Waals surface area (Å²) in [6.45, 7) is 5.73. The fourth-order valence-electron chi connectivity index (χ4n) is 1.92. The fraction of sp³-hybridized carbons (Fsp3) is 0.417. The molecule has 2 aromatic rings. The van der Waals surface area contributed by atoms with Gasteiger partial charge in [-0.05, 0) is 25.3 Å². The highest BCUT2D eigenvalue weighted by Gasteiger charge is 2.15. The predicted molar refractivity (Wildman–Crippen MR) is 73.5 cm³/mol. The Morgan fingerprint density at radius 2 is 2.29 bits per heavy atom. The second-order valence-corrected chi connectivity index (χ2v) is 5.11. The first kappa shape index (κ1) is 12.0. The molecule has 2 aromatic heterocycles. The zero-order chi connectivity index (χ0) is 12.4. The van der Waals surface area contributed by atoms with Crippen molar-refractivity contribution in [3.63, 3.8) is 0 Å². The molecule has 0 unspecified atom stereocenters. The molecule has 4 nitrogen and oxygen atoms in total. The fourth-order valence-corrected chi connectivity index (χ4v) is 2.67. The van der Waals surface area contributed by atoms with Crippen LogP contribution in [0, 0.1) is 6.92 Å². The van der Waals surface area contributed by atoms with Crippen molar-refractivity contribution < 1.29 is 0 Å². The van der Waals surface area contributed by atoms with Crippen LogP contribution in [0.1, 0.15) is 17.5 Å². The summed E-state index contributed by atoms with van der Waals surface area (Å²) < 4.78 is 1.96. The van der Waals surface area contributed by atoms with Crippen LogP contribution < -0.4 is 10.6 Å². The highest BCUT2D eigenvalue weighted by atomic mass is 32.1. The standard InChI is InChI=1S/C12H18N4S/c1-4-16-12(11(13)9(2)14-16)15(3)8-10-6-5-7-17-10/h5-7H,4,8,13H2,1-3H3. The second kappa shape index (κ2) is 4.79. The van der Waals surface area contributed by atoms with Gasteiger partial charge < -0.3 is 10.6 Å². The first-order chi connectivity index (χ1) is 8.13. The molecule has 0 spiro atoms.